The fourth-order valence-electron chi connectivity index (χ4n) is 2.19. The lowest BCUT2D eigenvalue weighted by atomic mass is 10.1. The predicted octanol–water partition coefficient (Wildman–Crippen LogP) is 5.37. The van der Waals surface area contributed by atoms with Crippen molar-refractivity contribution in [1.29, 1.82) is 0 Å². The Morgan fingerprint density at radius 2 is 2.00 bits per heavy atom. The lowest BCUT2D eigenvalue weighted by molar-refractivity contribution is -0.137. The highest BCUT2D eigenvalue weighted by molar-refractivity contribution is 7.10. The fourth-order valence-corrected chi connectivity index (χ4v) is 3.02. The van der Waals surface area contributed by atoms with Gasteiger partial charge in [0, 0.05) is 29.8 Å². The molecule has 0 atom stereocenters. The fraction of sp³-hybridized carbons (Fsp3) is 0.118. The summed E-state index contributed by atoms with van der Waals surface area (Å²) in [5, 5.41) is 2.52. The van der Waals surface area contributed by atoms with Crippen molar-refractivity contribution in [2.75, 3.05) is 0 Å². The standard InChI is InChI=1S/C17H10F3N3S/c1-21-14-7-12(8-22-9-14)15-10-24-16(23-15)6-11-3-2-4-13(5-11)17(18,19)20/h2-5,7-10H,6H2. The molecule has 7 heteroatoms. The Morgan fingerprint density at radius 1 is 1.17 bits per heavy atom. The van der Waals surface area contributed by atoms with E-state index in [4.69, 9.17) is 6.57 Å². The van der Waals surface area contributed by atoms with Crippen molar-refractivity contribution in [2.45, 2.75) is 12.6 Å². The predicted molar refractivity (Wildman–Crippen MR) is 85.9 cm³/mol. The van der Waals surface area contributed by atoms with Gasteiger partial charge in [-0.05, 0) is 17.7 Å². The first-order chi connectivity index (χ1) is 11.5. The smallest absolute Gasteiger partial charge is 0.276 e. The zero-order valence-electron chi connectivity index (χ0n) is 12.2. The van der Waals surface area contributed by atoms with Crippen LogP contribution >= 0.6 is 11.3 Å². The van der Waals surface area contributed by atoms with Crippen molar-refractivity contribution in [3.05, 3.63) is 75.7 Å². The van der Waals surface area contributed by atoms with E-state index in [1.54, 1.807) is 18.3 Å². The van der Waals surface area contributed by atoms with Gasteiger partial charge in [-0.15, -0.1) is 11.3 Å². The lowest BCUT2D eigenvalue weighted by Crippen LogP contribution is -2.05. The number of rotatable bonds is 3. The summed E-state index contributed by atoms with van der Waals surface area (Å²) < 4.78 is 38.3. The molecular weight excluding hydrogens is 335 g/mol. The molecular formula is C17H10F3N3S. The Hall–Kier alpha value is -2.72. The Morgan fingerprint density at radius 3 is 2.75 bits per heavy atom. The van der Waals surface area contributed by atoms with Gasteiger partial charge in [0.05, 0.1) is 22.8 Å². The number of benzene rings is 1. The zero-order chi connectivity index (χ0) is 17.2. The van der Waals surface area contributed by atoms with Gasteiger partial charge in [-0.2, -0.15) is 13.2 Å². The molecule has 0 spiro atoms. The van der Waals surface area contributed by atoms with E-state index >= 15 is 0 Å². The molecule has 24 heavy (non-hydrogen) atoms. The number of hydrogen-bond donors (Lipinski definition) is 0. The van der Waals surface area contributed by atoms with Gasteiger partial charge in [0.25, 0.3) is 0 Å². The molecule has 0 saturated carbocycles. The van der Waals surface area contributed by atoms with Crippen LogP contribution in [0.4, 0.5) is 18.9 Å². The van der Waals surface area contributed by atoms with Crippen LogP contribution in [-0.4, -0.2) is 9.97 Å². The molecule has 0 unspecified atom stereocenters. The van der Waals surface area contributed by atoms with Crippen LogP contribution in [0.25, 0.3) is 16.1 Å². The van der Waals surface area contributed by atoms with Crippen LogP contribution in [0.3, 0.4) is 0 Å². The molecule has 0 N–H and O–H groups in total. The van der Waals surface area contributed by atoms with Gasteiger partial charge >= 0.3 is 6.18 Å². The molecule has 0 bridgehead atoms. The Bertz CT molecular complexity index is 910. The highest BCUT2D eigenvalue weighted by Crippen LogP contribution is 2.31. The summed E-state index contributed by atoms with van der Waals surface area (Å²) in [5.74, 6) is 0. The number of pyridine rings is 1. The molecule has 3 nitrogen and oxygen atoms in total. The molecule has 0 aliphatic carbocycles. The summed E-state index contributed by atoms with van der Waals surface area (Å²) in [6, 6.07) is 6.93. The minimum absolute atomic E-state index is 0.324. The SMILES string of the molecule is [C-]#[N+]c1cncc(-c2csc(Cc3cccc(C(F)(F)F)c3)n2)c1. The first-order valence-corrected chi connectivity index (χ1v) is 7.77. The van der Waals surface area contributed by atoms with Crippen molar-refractivity contribution in [3.8, 4) is 11.3 Å². The number of hydrogen-bond acceptors (Lipinski definition) is 3. The van der Waals surface area contributed by atoms with Crippen LogP contribution in [0.2, 0.25) is 0 Å². The quantitative estimate of drug-likeness (QED) is 0.598. The van der Waals surface area contributed by atoms with E-state index in [9.17, 15) is 13.2 Å². The molecule has 0 fully saturated rings. The zero-order valence-corrected chi connectivity index (χ0v) is 13.0. The van der Waals surface area contributed by atoms with Gasteiger partial charge in [0.1, 0.15) is 0 Å². The molecule has 0 aliphatic heterocycles. The van der Waals surface area contributed by atoms with Crippen LogP contribution in [0.5, 0.6) is 0 Å². The normalized spacial score (nSPS) is 11.2. The second-order valence-corrected chi connectivity index (χ2v) is 5.99. The maximum Gasteiger partial charge on any atom is 0.416 e. The summed E-state index contributed by atoms with van der Waals surface area (Å²) in [6.07, 6.45) is -0.954. The number of thiazole rings is 1. The summed E-state index contributed by atoms with van der Waals surface area (Å²) in [6.45, 7) is 7.00. The van der Waals surface area contributed by atoms with Crippen molar-refractivity contribution >= 4 is 17.0 Å². The van der Waals surface area contributed by atoms with E-state index in [1.807, 2.05) is 5.38 Å². The molecule has 3 aromatic rings. The van der Waals surface area contributed by atoms with Gasteiger partial charge in [0.15, 0.2) is 0 Å². The van der Waals surface area contributed by atoms with Crippen LogP contribution in [-0.2, 0) is 12.6 Å². The van der Waals surface area contributed by atoms with Crippen LogP contribution < -0.4 is 0 Å². The van der Waals surface area contributed by atoms with Crippen molar-refractivity contribution < 1.29 is 13.2 Å². The van der Waals surface area contributed by atoms with E-state index < -0.39 is 11.7 Å². The Kier molecular flexibility index (Phi) is 4.32. The number of aromatic nitrogens is 2. The third-order valence-electron chi connectivity index (χ3n) is 3.31. The maximum absolute atomic E-state index is 12.8. The molecule has 120 valence electrons. The van der Waals surface area contributed by atoms with E-state index in [-0.39, 0.29) is 0 Å². The summed E-state index contributed by atoms with van der Waals surface area (Å²) in [4.78, 5) is 11.7. The molecule has 0 saturated heterocycles. The van der Waals surface area contributed by atoms with Crippen LogP contribution in [0.15, 0.2) is 48.1 Å². The van der Waals surface area contributed by atoms with E-state index in [0.29, 0.717) is 28.4 Å². The molecule has 1 aromatic carbocycles. The molecule has 0 aliphatic rings. The topological polar surface area (TPSA) is 30.1 Å². The number of nitrogens with zero attached hydrogens (tertiary/aromatic N) is 3. The lowest BCUT2D eigenvalue weighted by Gasteiger charge is -2.07. The van der Waals surface area contributed by atoms with Crippen molar-refractivity contribution in [3.63, 3.8) is 0 Å². The third kappa shape index (κ3) is 3.60. The van der Waals surface area contributed by atoms with E-state index in [1.165, 1.54) is 23.6 Å². The molecule has 0 amide bonds. The van der Waals surface area contributed by atoms with Gasteiger partial charge in [-0.25, -0.2) is 9.83 Å². The van der Waals surface area contributed by atoms with Gasteiger partial charge in [-0.1, -0.05) is 18.2 Å². The van der Waals surface area contributed by atoms with Crippen molar-refractivity contribution in [2.24, 2.45) is 0 Å². The third-order valence-corrected chi connectivity index (χ3v) is 4.16. The highest BCUT2D eigenvalue weighted by atomic mass is 32.1. The molecule has 2 aromatic heterocycles. The monoisotopic (exact) mass is 345 g/mol. The molecule has 2 heterocycles. The second-order valence-electron chi connectivity index (χ2n) is 5.05. The summed E-state index contributed by atoms with van der Waals surface area (Å²) in [7, 11) is 0. The maximum atomic E-state index is 12.8. The first kappa shape index (κ1) is 16.1. The summed E-state index contributed by atoms with van der Waals surface area (Å²) in [5.41, 5.74) is 1.69. The largest absolute Gasteiger partial charge is 0.416 e. The van der Waals surface area contributed by atoms with E-state index in [2.05, 4.69) is 14.8 Å². The molecule has 3 rings (SSSR count). The van der Waals surface area contributed by atoms with Crippen LogP contribution in [0.1, 0.15) is 16.1 Å². The van der Waals surface area contributed by atoms with Gasteiger partial charge in [-0.3, -0.25) is 4.98 Å². The molecule has 0 radical (unpaired) electrons. The second kappa shape index (κ2) is 6.42. The average Bonchev–Trinajstić information content (AvgIpc) is 3.03. The van der Waals surface area contributed by atoms with Gasteiger partial charge in [0.2, 0.25) is 5.69 Å². The highest BCUT2D eigenvalue weighted by Gasteiger charge is 2.30. The first-order valence-electron chi connectivity index (χ1n) is 6.89. The van der Waals surface area contributed by atoms with Gasteiger partial charge < -0.3 is 0 Å². The average molecular weight is 345 g/mol. The van der Waals surface area contributed by atoms with E-state index in [0.717, 1.165) is 17.7 Å². The Balaban J connectivity index is 1.83. The Labute approximate surface area is 140 Å². The minimum Gasteiger partial charge on any atom is -0.276 e. The van der Waals surface area contributed by atoms with Crippen LogP contribution in [0, 0.1) is 6.57 Å². The summed E-state index contributed by atoms with van der Waals surface area (Å²) >= 11 is 1.37. The minimum atomic E-state index is -4.35. The number of halogens is 3. The number of alkyl halides is 3. The van der Waals surface area contributed by atoms with Crippen molar-refractivity contribution in [1.82, 2.24) is 9.97 Å².